The first-order chi connectivity index (χ1) is 12.2. The van der Waals surface area contributed by atoms with E-state index in [0.29, 0.717) is 18.1 Å². The second kappa shape index (κ2) is 7.18. The first-order valence-corrected chi connectivity index (χ1v) is 9.60. The zero-order chi connectivity index (χ0) is 17.2. The molecule has 2 bridgehead atoms. The fourth-order valence-corrected chi connectivity index (χ4v) is 4.81. The van der Waals surface area contributed by atoms with Crippen molar-refractivity contribution >= 4 is 23.0 Å². The highest BCUT2D eigenvalue weighted by molar-refractivity contribution is 7.80. The molecular weight excluding hydrogens is 330 g/mol. The monoisotopic (exact) mass is 356 g/mol. The number of anilines is 1. The summed E-state index contributed by atoms with van der Waals surface area (Å²) in [5.41, 5.74) is 2.29. The van der Waals surface area contributed by atoms with Crippen LogP contribution in [0.2, 0.25) is 0 Å². The van der Waals surface area contributed by atoms with Gasteiger partial charge in [0.2, 0.25) is 0 Å². The molecule has 0 amide bonds. The number of thiocarbonyl (C=S) groups is 1. The molecule has 4 atom stereocenters. The molecular formula is C20H26N3OS+. The number of hydrogen-bond donors (Lipinski definition) is 3. The maximum absolute atomic E-state index is 5.56. The molecule has 0 aliphatic carbocycles. The van der Waals surface area contributed by atoms with Crippen LogP contribution in [0, 0.1) is 6.92 Å². The average molecular weight is 357 g/mol. The number of piperidine rings is 1. The van der Waals surface area contributed by atoms with Crippen molar-refractivity contribution in [1.29, 1.82) is 0 Å². The summed E-state index contributed by atoms with van der Waals surface area (Å²) in [6.07, 6.45) is 6.78. The molecule has 2 fully saturated rings. The van der Waals surface area contributed by atoms with Gasteiger partial charge in [-0.2, -0.15) is 0 Å². The highest BCUT2D eigenvalue weighted by atomic mass is 32.1. The van der Waals surface area contributed by atoms with Gasteiger partial charge >= 0.3 is 0 Å². The number of quaternary nitrogens is 1. The maximum Gasteiger partial charge on any atom is 0.171 e. The molecule has 4 rings (SSSR count). The normalized spacial score (nSPS) is 27.9. The van der Waals surface area contributed by atoms with Crippen molar-refractivity contribution in [1.82, 2.24) is 5.32 Å². The number of benzene rings is 1. The van der Waals surface area contributed by atoms with Gasteiger partial charge in [0.15, 0.2) is 10.9 Å². The quantitative estimate of drug-likeness (QED) is 0.737. The third-order valence-electron chi connectivity index (χ3n) is 5.62. The second-order valence-corrected chi connectivity index (χ2v) is 7.85. The van der Waals surface area contributed by atoms with Crippen molar-refractivity contribution < 1.29 is 9.32 Å². The molecule has 1 aromatic carbocycles. The summed E-state index contributed by atoms with van der Waals surface area (Å²) in [7, 11) is 0. The maximum atomic E-state index is 5.56. The molecule has 2 aliphatic heterocycles. The fraction of sp³-hybridized carbons (Fsp3) is 0.450. The van der Waals surface area contributed by atoms with Crippen LogP contribution < -0.4 is 15.5 Å². The third-order valence-corrected chi connectivity index (χ3v) is 5.84. The predicted molar refractivity (Wildman–Crippen MR) is 104 cm³/mol. The lowest BCUT2D eigenvalue weighted by molar-refractivity contribution is -0.955. The molecule has 3 heterocycles. The summed E-state index contributed by atoms with van der Waals surface area (Å²) < 4.78 is 5.56. The van der Waals surface area contributed by atoms with Gasteiger partial charge in [-0.1, -0.05) is 12.1 Å². The summed E-state index contributed by atoms with van der Waals surface area (Å²) in [5, 5.41) is 7.62. The van der Waals surface area contributed by atoms with Crippen molar-refractivity contribution in [3.8, 4) is 0 Å². The van der Waals surface area contributed by atoms with Crippen LogP contribution in [-0.2, 0) is 6.54 Å². The van der Waals surface area contributed by atoms with E-state index in [0.717, 1.165) is 23.1 Å². The van der Waals surface area contributed by atoms with Gasteiger partial charge in [-0.15, -0.1) is 0 Å². The topological polar surface area (TPSA) is 41.6 Å². The van der Waals surface area contributed by atoms with E-state index >= 15 is 0 Å². The van der Waals surface area contributed by atoms with E-state index in [1.807, 2.05) is 6.07 Å². The van der Waals surface area contributed by atoms with E-state index in [1.165, 1.54) is 31.2 Å². The Morgan fingerprint density at radius 1 is 1.20 bits per heavy atom. The Bertz CT molecular complexity index is 716. The molecule has 25 heavy (non-hydrogen) atoms. The second-order valence-electron chi connectivity index (χ2n) is 7.44. The van der Waals surface area contributed by atoms with Crippen LogP contribution in [0.1, 0.15) is 37.0 Å². The lowest BCUT2D eigenvalue weighted by Crippen LogP contribution is -3.17. The minimum Gasteiger partial charge on any atom is -0.463 e. The number of nitrogens with one attached hydrogen (secondary N) is 3. The third kappa shape index (κ3) is 3.88. The van der Waals surface area contributed by atoms with Gasteiger partial charge in [0.1, 0.15) is 6.54 Å². The molecule has 0 spiro atoms. The van der Waals surface area contributed by atoms with E-state index in [1.54, 1.807) is 11.2 Å². The Balaban J connectivity index is 1.32. The van der Waals surface area contributed by atoms with Gasteiger partial charge in [-0.05, 0) is 49.0 Å². The molecule has 132 valence electrons. The first kappa shape index (κ1) is 16.6. The SMILES string of the molecule is Cc1cccc(NC(=S)NC2C[C@H]3CC[C@@H](C2)[NH+]3Cc2ccco2)c1. The van der Waals surface area contributed by atoms with Gasteiger partial charge in [0.25, 0.3) is 0 Å². The van der Waals surface area contributed by atoms with Crippen LogP contribution in [0.4, 0.5) is 5.69 Å². The number of hydrogen-bond acceptors (Lipinski definition) is 2. The minimum atomic E-state index is 0.475. The Hall–Kier alpha value is -1.85. The van der Waals surface area contributed by atoms with Crippen LogP contribution in [0.3, 0.4) is 0 Å². The number of furan rings is 1. The zero-order valence-corrected chi connectivity index (χ0v) is 15.4. The largest absolute Gasteiger partial charge is 0.463 e. The number of aryl methyl sites for hydroxylation is 1. The van der Waals surface area contributed by atoms with Crippen molar-refractivity contribution in [2.24, 2.45) is 0 Å². The highest BCUT2D eigenvalue weighted by Crippen LogP contribution is 2.24. The van der Waals surface area contributed by atoms with Gasteiger partial charge in [-0.3, -0.25) is 0 Å². The molecule has 0 saturated carbocycles. The molecule has 3 N–H and O–H groups in total. The summed E-state index contributed by atoms with van der Waals surface area (Å²) >= 11 is 5.54. The van der Waals surface area contributed by atoms with E-state index in [-0.39, 0.29) is 0 Å². The lowest BCUT2D eigenvalue weighted by Gasteiger charge is -2.36. The molecule has 2 saturated heterocycles. The average Bonchev–Trinajstić information content (AvgIpc) is 3.15. The van der Waals surface area contributed by atoms with E-state index in [2.05, 4.69) is 47.9 Å². The smallest absolute Gasteiger partial charge is 0.171 e. The predicted octanol–water partition coefficient (Wildman–Crippen LogP) is 2.65. The van der Waals surface area contributed by atoms with Crippen molar-refractivity contribution in [2.45, 2.75) is 57.3 Å². The minimum absolute atomic E-state index is 0.475. The zero-order valence-electron chi connectivity index (χ0n) is 14.6. The number of rotatable bonds is 4. The molecule has 2 aromatic rings. The van der Waals surface area contributed by atoms with Gasteiger partial charge in [0.05, 0.1) is 18.3 Å². The van der Waals surface area contributed by atoms with Crippen LogP contribution in [0.25, 0.3) is 0 Å². The summed E-state index contributed by atoms with van der Waals surface area (Å²) in [6.45, 7) is 3.11. The summed E-state index contributed by atoms with van der Waals surface area (Å²) in [5.74, 6) is 1.11. The molecule has 2 unspecified atom stereocenters. The summed E-state index contributed by atoms with van der Waals surface area (Å²) in [6, 6.07) is 14.3. The number of fused-ring (bicyclic) bond motifs is 2. The van der Waals surface area contributed by atoms with Crippen molar-refractivity contribution in [2.75, 3.05) is 5.32 Å². The Morgan fingerprint density at radius 2 is 2.00 bits per heavy atom. The molecule has 5 heteroatoms. The Morgan fingerprint density at radius 3 is 2.68 bits per heavy atom. The van der Waals surface area contributed by atoms with Crippen LogP contribution in [0.5, 0.6) is 0 Å². The molecule has 4 nitrogen and oxygen atoms in total. The van der Waals surface area contributed by atoms with Crippen LogP contribution in [-0.4, -0.2) is 23.2 Å². The molecule has 0 radical (unpaired) electrons. The Kier molecular flexibility index (Phi) is 4.77. The fourth-order valence-electron chi connectivity index (χ4n) is 4.52. The van der Waals surface area contributed by atoms with E-state index in [9.17, 15) is 0 Å². The van der Waals surface area contributed by atoms with Crippen LogP contribution >= 0.6 is 12.2 Å². The van der Waals surface area contributed by atoms with Crippen molar-refractivity contribution in [3.05, 3.63) is 54.0 Å². The summed E-state index contributed by atoms with van der Waals surface area (Å²) in [4.78, 5) is 1.70. The standard InChI is InChI=1S/C20H25N3OS/c1-14-4-2-5-15(10-14)21-20(25)22-16-11-17-7-8-18(12-16)23(17)13-19-6-3-9-24-19/h2-6,9-10,16-18H,7-8,11-13H2,1H3,(H2,21,22,25)/p+1/t16?,17-,18+. The lowest BCUT2D eigenvalue weighted by atomic mass is 9.97. The first-order valence-electron chi connectivity index (χ1n) is 9.19. The molecule has 2 aliphatic rings. The van der Waals surface area contributed by atoms with Crippen LogP contribution in [0.15, 0.2) is 47.1 Å². The molecule has 1 aromatic heterocycles. The van der Waals surface area contributed by atoms with Crippen molar-refractivity contribution in [3.63, 3.8) is 0 Å². The van der Waals surface area contributed by atoms with E-state index < -0.39 is 0 Å². The van der Waals surface area contributed by atoms with Gasteiger partial charge in [0, 0.05) is 37.4 Å². The highest BCUT2D eigenvalue weighted by Gasteiger charge is 2.44. The Labute approximate surface area is 154 Å². The van der Waals surface area contributed by atoms with Gasteiger partial charge < -0.3 is 20.0 Å². The van der Waals surface area contributed by atoms with Gasteiger partial charge in [-0.25, -0.2) is 0 Å². The van der Waals surface area contributed by atoms with E-state index in [4.69, 9.17) is 16.6 Å².